The quantitative estimate of drug-likeness (QED) is 0.792. The van der Waals surface area contributed by atoms with E-state index in [-0.39, 0.29) is 18.1 Å². The monoisotopic (exact) mass is 270 g/mol. The van der Waals surface area contributed by atoms with Crippen molar-refractivity contribution in [2.24, 2.45) is 0 Å². The van der Waals surface area contributed by atoms with Crippen molar-refractivity contribution in [1.29, 1.82) is 0 Å². The second kappa shape index (κ2) is 5.17. The standard InChI is InChI=1S/C11H12F2N4O2/c1-7-15-5-8(10(18)19-2)17(7)6-9-14-3-4-16(9)11(12)13/h3-5,11H,6H2,1-2H3. The molecule has 0 aliphatic rings. The van der Waals surface area contributed by atoms with Crippen molar-refractivity contribution >= 4 is 5.97 Å². The maximum absolute atomic E-state index is 12.7. The number of aromatic nitrogens is 4. The van der Waals surface area contributed by atoms with Gasteiger partial charge in [0.05, 0.1) is 19.9 Å². The first kappa shape index (κ1) is 13.2. The van der Waals surface area contributed by atoms with Crippen LogP contribution in [0.5, 0.6) is 0 Å². The first-order valence-corrected chi connectivity index (χ1v) is 5.45. The highest BCUT2D eigenvalue weighted by molar-refractivity contribution is 5.87. The van der Waals surface area contributed by atoms with E-state index in [1.807, 2.05) is 0 Å². The van der Waals surface area contributed by atoms with Crippen LogP contribution in [0, 0.1) is 6.92 Å². The summed E-state index contributed by atoms with van der Waals surface area (Å²) in [7, 11) is 1.25. The van der Waals surface area contributed by atoms with Crippen molar-refractivity contribution in [3.63, 3.8) is 0 Å². The molecule has 2 aromatic rings. The number of alkyl halides is 2. The third-order valence-electron chi connectivity index (χ3n) is 2.71. The smallest absolute Gasteiger partial charge is 0.356 e. The molecule has 0 N–H and O–H groups in total. The van der Waals surface area contributed by atoms with Gasteiger partial charge in [-0.2, -0.15) is 8.78 Å². The van der Waals surface area contributed by atoms with Crippen LogP contribution in [0.2, 0.25) is 0 Å². The van der Waals surface area contributed by atoms with Gasteiger partial charge in [-0.15, -0.1) is 0 Å². The summed E-state index contributed by atoms with van der Waals surface area (Å²) in [6, 6.07) is 0. The maximum atomic E-state index is 12.7. The summed E-state index contributed by atoms with van der Waals surface area (Å²) in [6.07, 6.45) is 3.81. The first-order chi connectivity index (χ1) is 9.04. The van der Waals surface area contributed by atoms with Gasteiger partial charge in [-0.05, 0) is 6.92 Å². The van der Waals surface area contributed by atoms with E-state index < -0.39 is 12.5 Å². The molecule has 2 heterocycles. The zero-order chi connectivity index (χ0) is 14.0. The SMILES string of the molecule is COC(=O)c1cnc(C)n1Cc1nccn1C(F)F. The van der Waals surface area contributed by atoms with Gasteiger partial charge in [0.1, 0.15) is 17.3 Å². The molecular weight excluding hydrogens is 258 g/mol. The largest absolute Gasteiger partial charge is 0.464 e. The Morgan fingerprint density at radius 3 is 2.84 bits per heavy atom. The molecule has 0 saturated heterocycles. The number of rotatable bonds is 4. The second-order valence-corrected chi connectivity index (χ2v) is 3.80. The summed E-state index contributed by atoms with van der Waals surface area (Å²) in [5, 5.41) is 0. The van der Waals surface area contributed by atoms with Crippen molar-refractivity contribution in [3.8, 4) is 0 Å². The Bertz CT molecular complexity index is 591. The molecule has 0 aliphatic carbocycles. The molecule has 0 bridgehead atoms. The molecule has 0 aliphatic heterocycles. The van der Waals surface area contributed by atoms with Gasteiger partial charge < -0.3 is 9.30 Å². The fourth-order valence-corrected chi connectivity index (χ4v) is 1.72. The summed E-state index contributed by atoms with van der Waals surface area (Å²) in [5.74, 6) is 0.0845. The highest BCUT2D eigenvalue weighted by atomic mass is 19.3. The van der Waals surface area contributed by atoms with Gasteiger partial charge in [-0.3, -0.25) is 4.57 Å². The minimum absolute atomic E-state index is 0.0214. The van der Waals surface area contributed by atoms with Crippen molar-refractivity contribution in [3.05, 3.63) is 35.9 Å². The van der Waals surface area contributed by atoms with Gasteiger partial charge in [-0.1, -0.05) is 0 Å². The molecular formula is C11H12F2N4O2. The number of aryl methyl sites for hydroxylation is 1. The Morgan fingerprint density at radius 2 is 2.21 bits per heavy atom. The summed E-state index contributed by atoms with van der Waals surface area (Å²) >= 11 is 0. The third kappa shape index (κ3) is 2.47. The highest BCUT2D eigenvalue weighted by Crippen LogP contribution is 2.15. The van der Waals surface area contributed by atoms with Gasteiger partial charge in [0, 0.05) is 12.4 Å². The predicted octanol–water partition coefficient (Wildman–Crippen LogP) is 1.62. The molecule has 0 atom stereocenters. The predicted molar refractivity (Wildman–Crippen MR) is 60.9 cm³/mol. The molecule has 6 nitrogen and oxygen atoms in total. The number of halogens is 2. The molecule has 102 valence electrons. The Hall–Kier alpha value is -2.25. The average Bonchev–Trinajstić information content (AvgIpc) is 2.97. The van der Waals surface area contributed by atoms with Crippen LogP contribution in [0.1, 0.15) is 28.7 Å². The van der Waals surface area contributed by atoms with Gasteiger partial charge in [0.25, 0.3) is 0 Å². The van der Waals surface area contributed by atoms with Crippen molar-refractivity contribution < 1.29 is 18.3 Å². The van der Waals surface area contributed by atoms with E-state index in [4.69, 9.17) is 0 Å². The van der Waals surface area contributed by atoms with Crippen LogP contribution >= 0.6 is 0 Å². The summed E-state index contributed by atoms with van der Waals surface area (Å²) in [6.45, 7) is -0.988. The fourth-order valence-electron chi connectivity index (χ4n) is 1.72. The number of nitrogens with zero attached hydrogens (tertiary/aromatic N) is 4. The molecule has 2 rings (SSSR count). The fraction of sp³-hybridized carbons (Fsp3) is 0.364. The molecule has 0 fully saturated rings. The van der Waals surface area contributed by atoms with Gasteiger partial charge in [0.15, 0.2) is 0 Å². The molecule has 0 unspecified atom stereocenters. The number of carbonyl (C=O) groups is 1. The number of hydrogen-bond donors (Lipinski definition) is 0. The van der Waals surface area contributed by atoms with E-state index in [9.17, 15) is 13.6 Å². The lowest BCUT2D eigenvalue weighted by Gasteiger charge is -2.10. The summed E-state index contributed by atoms with van der Waals surface area (Å²) in [4.78, 5) is 19.4. The first-order valence-electron chi connectivity index (χ1n) is 5.45. The zero-order valence-electron chi connectivity index (χ0n) is 10.4. The van der Waals surface area contributed by atoms with E-state index in [0.29, 0.717) is 5.82 Å². The van der Waals surface area contributed by atoms with Crippen LogP contribution in [-0.2, 0) is 11.3 Å². The Balaban J connectivity index is 2.35. The molecule has 8 heteroatoms. The van der Waals surface area contributed by atoms with Gasteiger partial charge >= 0.3 is 12.5 Å². The van der Waals surface area contributed by atoms with Crippen molar-refractivity contribution in [1.82, 2.24) is 19.1 Å². The number of ether oxygens (including phenoxy) is 1. The molecule has 0 saturated carbocycles. The van der Waals surface area contributed by atoms with Gasteiger partial charge in [0.2, 0.25) is 0 Å². The number of methoxy groups -OCH3 is 1. The van der Waals surface area contributed by atoms with Crippen LogP contribution in [0.25, 0.3) is 0 Å². The molecule has 0 radical (unpaired) electrons. The van der Waals surface area contributed by atoms with E-state index in [1.165, 1.54) is 30.3 Å². The molecule has 0 aromatic carbocycles. The zero-order valence-corrected chi connectivity index (χ0v) is 10.4. The van der Waals surface area contributed by atoms with Crippen molar-refractivity contribution in [2.45, 2.75) is 20.0 Å². The second-order valence-electron chi connectivity index (χ2n) is 3.80. The van der Waals surface area contributed by atoms with Gasteiger partial charge in [-0.25, -0.2) is 14.8 Å². The number of carbonyl (C=O) groups excluding carboxylic acids is 1. The lowest BCUT2D eigenvalue weighted by molar-refractivity contribution is 0.0587. The summed E-state index contributed by atoms with van der Waals surface area (Å²) in [5.41, 5.74) is 0.198. The van der Waals surface area contributed by atoms with E-state index in [1.54, 1.807) is 6.92 Å². The van der Waals surface area contributed by atoms with Crippen LogP contribution in [0.15, 0.2) is 18.6 Å². The van der Waals surface area contributed by atoms with Crippen molar-refractivity contribution in [2.75, 3.05) is 7.11 Å². The number of esters is 1. The molecule has 2 aromatic heterocycles. The molecule has 19 heavy (non-hydrogen) atoms. The minimum atomic E-state index is -2.68. The molecule has 0 spiro atoms. The highest BCUT2D eigenvalue weighted by Gasteiger charge is 2.18. The summed E-state index contributed by atoms with van der Waals surface area (Å²) < 4.78 is 32.3. The Kier molecular flexibility index (Phi) is 3.59. The topological polar surface area (TPSA) is 61.9 Å². The third-order valence-corrected chi connectivity index (χ3v) is 2.71. The van der Waals surface area contributed by atoms with Crippen LogP contribution in [-0.4, -0.2) is 32.2 Å². The normalized spacial score (nSPS) is 11.0. The van der Waals surface area contributed by atoms with E-state index >= 15 is 0 Å². The maximum Gasteiger partial charge on any atom is 0.356 e. The van der Waals surface area contributed by atoms with Crippen LogP contribution in [0.3, 0.4) is 0 Å². The number of imidazole rings is 2. The minimum Gasteiger partial charge on any atom is -0.464 e. The molecule has 0 amide bonds. The van der Waals surface area contributed by atoms with E-state index in [0.717, 1.165) is 4.57 Å². The van der Waals surface area contributed by atoms with Crippen LogP contribution < -0.4 is 0 Å². The number of hydrogen-bond acceptors (Lipinski definition) is 4. The van der Waals surface area contributed by atoms with E-state index in [2.05, 4.69) is 14.7 Å². The lowest BCUT2D eigenvalue weighted by Crippen LogP contribution is -2.15. The Labute approximate surface area is 107 Å². The van der Waals surface area contributed by atoms with Crippen LogP contribution in [0.4, 0.5) is 8.78 Å². The lowest BCUT2D eigenvalue weighted by atomic mass is 10.4. The Morgan fingerprint density at radius 1 is 1.47 bits per heavy atom. The average molecular weight is 270 g/mol.